The number of ether oxygens (including phenoxy) is 2. The third-order valence-corrected chi connectivity index (χ3v) is 6.87. The number of methoxy groups -OCH3 is 2. The van der Waals surface area contributed by atoms with E-state index < -0.39 is 10.0 Å². The van der Waals surface area contributed by atoms with Gasteiger partial charge in [0.25, 0.3) is 5.91 Å². The number of imidazole rings is 1. The molecule has 0 unspecified atom stereocenters. The van der Waals surface area contributed by atoms with E-state index in [1.54, 1.807) is 38.4 Å². The van der Waals surface area contributed by atoms with E-state index in [0.29, 0.717) is 22.7 Å². The molecule has 0 spiro atoms. The fraction of sp³-hybridized carbons (Fsp3) is 0.333. The Kier molecular flexibility index (Phi) is 6.23. The van der Waals surface area contributed by atoms with Gasteiger partial charge in [-0.05, 0) is 30.3 Å². The largest absolute Gasteiger partial charge is 0.497 e. The topological polar surface area (TPSA) is 94.0 Å². The van der Waals surface area contributed by atoms with Gasteiger partial charge in [-0.2, -0.15) is 4.31 Å². The van der Waals surface area contributed by atoms with Crippen LogP contribution in [-0.2, 0) is 23.6 Å². The fourth-order valence-electron chi connectivity index (χ4n) is 3.22. The predicted octanol–water partition coefficient (Wildman–Crippen LogP) is 2.11. The van der Waals surface area contributed by atoms with Crippen molar-refractivity contribution in [2.24, 2.45) is 7.05 Å². The van der Waals surface area contributed by atoms with E-state index in [2.05, 4.69) is 4.98 Å². The first kappa shape index (κ1) is 22.6. The summed E-state index contributed by atoms with van der Waals surface area (Å²) in [6, 6.07) is 9.87. The SMILES string of the molecule is COc1ccc(OC)c(S(=O)(=O)N(C)Cc2nc3cc(C(=O)N(C)C)ccc3n2C)c1. The number of nitrogens with zero attached hydrogens (tertiary/aromatic N) is 4. The van der Waals surface area contributed by atoms with Gasteiger partial charge in [0.15, 0.2) is 0 Å². The Morgan fingerprint density at radius 1 is 1.06 bits per heavy atom. The molecule has 2 aromatic carbocycles. The second-order valence-corrected chi connectivity index (χ2v) is 9.28. The Labute approximate surface area is 181 Å². The average molecular weight is 447 g/mol. The van der Waals surface area contributed by atoms with Crippen molar-refractivity contribution in [3.05, 3.63) is 47.8 Å². The molecule has 9 nitrogen and oxygen atoms in total. The van der Waals surface area contributed by atoms with Crippen LogP contribution in [0.25, 0.3) is 11.0 Å². The summed E-state index contributed by atoms with van der Waals surface area (Å²) >= 11 is 0. The van der Waals surface area contributed by atoms with Crippen LogP contribution in [0.4, 0.5) is 0 Å². The Hall–Kier alpha value is -3.11. The number of carbonyl (C=O) groups is 1. The molecule has 3 rings (SSSR count). The third kappa shape index (κ3) is 4.21. The number of amides is 1. The normalized spacial score (nSPS) is 11.7. The first-order chi connectivity index (χ1) is 14.6. The maximum absolute atomic E-state index is 13.2. The van der Waals surface area contributed by atoms with E-state index in [-0.39, 0.29) is 23.1 Å². The van der Waals surface area contributed by atoms with E-state index in [4.69, 9.17) is 9.47 Å². The Morgan fingerprint density at radius 3 is 2.39 bits per heavy atom. The summed E-state index contributed by atoms with van der Waals surface area (Å²) in [6.07, 6.45) is 0. The molecule has 0 N–H and O–H groups in total. The van der Waals surface area contributed by atoms with Gasteiger partial charge in [0.1, 0.15) is 22.2 Å². The van der Waals surface area contributed by atoms with Gasteiger partial charge in [-0.25, -0.2) is 13.4 Å². The molecule has 31 heavy (non-hydrogen) atoms. The van der Waals surface area contributed by atoms with Crippen molar-refractivity contribution < 1.29 is 22.7 Å². The van der Waals surface area contributed by atoms with Crippen molar-refractivity contribution in [3.63, 3.8) is 0 Å². The number of aromatic nitrogens is 2. The van der Waals surface area contributed by atoms with Crippen LogP contribution in [0, 0.1) is 0 Å². The van der Waals surface area contributed by atoms with Gasteiger partial charge in [0.05, 0.1) is 31.8 Å². The van der Waals surface area contributed by atoms with Crippen molar-refractivity contribution >= 4 is 27.0 Å². The van der Waals surface area contributed by atoms with E-state index >= 15 is 0 Å². The summed E-state index contributed by atoms with van der Waals surface area (Å²) in [6.45, 7) is 0.0326. The summed E-state index contributed by atoms with van der Waals surface area (Å²) in [5.41, 5.74) is 1.94. The van der Waals surface area contributed by atoms with Crippen molar-refractivity contribution in [3.8, 4) is 11.5 Å². The van der Waals surface area contributed by atoms with E-state index in [1.807, 2.05) is 17.7 Å². The van der Waals surface area contributed by atoms with E-state index in [0.717, 1.165) is 5.52 Å². The molecule has 1 heterocycles. The monoisotopic (exact) mass is 446 g/mol. The van der Waals surface area contributed by atoms with Crippen LogP contribution < -0.4 is 9.47 Å². The summed E-state index contributed by atoms with van der Waals surface area (Å²) in [5.74, 6) is 1.05. The number of rotatable bonds is 7. The minimum atomic E-state index is -3.89. The minimum absolute atomic E-state index is 0.00878. The van der Waals surface area contributed by atoms with Crippen LogP contribution in [0.3, 0.4) is 0 Å². The van der Waals surface area contributed by atoms with Crippen LogP contribution in [-0.4, -0.2) is 68.4 Å². The second kappa shape index (κ2) is 8.56. The molecule has 0 atom stereocenters. The number of hydrogen-bond donors (Lipinski definition) is 0. The van der Waals surface area contributed by atoms with Crippen LogP contribution in [0.5, 0.6) is 11.5 Å². The maximum atomic E-state index is 13.2. The van der Waals surface area contributed by atoms with Gasteiger partial charge in [-0.1, -0.05) is 0 Å². The number of sulfonamides is 1. The van der Waals surface area contributed by atoms with Crippen molar-refractivity contribution in [2.75, 3.05) is 35.4 Å². The Balaban J connectivity index is 1.96. The standard InChI is InChI=1S/C21H26N4O5S/c1-23(2)21(26)14-7-9-17-16(11-14)22-20(25(17)4)13-24(3)31(27,28)19-12-15(29-5)8-10-18(19)30-6/h7-12H,13H2,1-6H3. The lowest BCUT2D eigenvalue weighted by Crippen LogP contribution is -2.28. The first-order valence-electron chi connectivity index (χ1n) is 9.45. The zero-order valence-corrected chi connectivity index (χ0v) is 19.2. The van der Waals surface area contributed by atoms with Crippen LogP contribution in [0.2, 0.25) is 0 Å². The smallest absolute Gasteiger partial charge is 0.253 e. The highest BCUT2D eigenvalue weighted by atomic mass is 32.2. The predicted molar refractivity (Wildman–Crippen MR) is 117 cm³/mol. The van der Waals surface area contributed by atoms with Crippen molar-refractivity contribution in [1.29, 1.82) is 0 Å². The number of benzene rings is 2. The molecule has 0 aliphatic heterocycles. The first-order valence-corrected chi connectivity index (χ1v) is 10.9. The summed E-state index contributed by atoms with van der Waals surface area (Å²) < 4.78 is 39.9. The lowest BCUT2D eigenvalue weighted by molar-refractivity contribution is 0.0827. The molecule has 0 saturated carbocycles. The highest BCUT2D eigenvalue weighted by molar-refractivity contribution is 7.89. The molecular formula is C21H26N4O5S. The molecule has 1 aromatic heterocycles. The van der Waals surface area contributed by atoms with E-state index in [1.165, 1.54) is 36.5 Å². The highest BCUT2D eigenvalue weighted by Gasteiger charge is 2.27. The molecule has 0 bridgehead atoms. The van der Waals surface area contributed by atoms with Gasteiger partial charge in [0, 0.05) is 39.8 Å². The van der Waals surface area contributed by atoms with Crippen LogP contribution in [0.1, 0.15) is 16.2 Å². The van der Waals surface area contributed by atoms with Crippen LogP contribution >= 0.6 is 0 Å². The van der Waals surface area contributed by atoms with Gasteiger partial charge >= 0.3 is 0 Å². The molecule has 0 fully saturated rings. The third-order valence-electron chi connectivity index (χ3n) is 5.05. The van der Waals surface area contributed by atoms with Gasteiger partial charge in [-0.3, -0.25) is 4.79 Å². The van der Waals surface area contributed by atoms with Gasteiger partial charge < -0.3 is 18.9 Å². The zero-order chi connectivity index (χ0) is 22.9. The summed E-state index contributed by atoms with van der Waals surface area (Å²) in [5, 5.41) is 0. The summed E-state index contributed by atoms with van der Waals surface area (Å²) in [4.78, 5) is 18.3. The van der Waals surface area contributed by atoms with Gasteiger partial charge in [0.2, 0.25) is 10.0 Å². The molecule has 10 heteroatoms. The zero-order valence-electron chi connectivity index (χ0n) is 18.4. The lowest BCUT2D eigenvalue weighted by Gasteiger charge is -2.19. The molecule has 0 aliphatic carbocycles. The number of hydrogen-bond acceptors (Lipinski definition) is 6. The lowest BCUT2D eigenvalue weighted by atomic mass is 10.2. The molecular weight excluding hydrogens is 420 g/mol. The number of carbonyl (C=O) groups excluding carboxylic acids is 1. The summed E-state index contributed by atoms with van der Waals surface area (Å²) in [7, 11) is 5.66. The molecule has 0 aliphatic rings. The molecule has 0 radical (unpaired) electrons. The number of fused-ring (bicyclic) bond motifs is 1. The van der Waals surface area contributed by atoms with E-state index in [9.17, 15) is 13.2 Å². The van der Waals surface area contributed by atoms with Crippen LogP contribution in [0.15, 0.2) is 41.3 Å². The molecule has 0 saturated heterocycles. The molecule has 166 valence electrons. The maximum Gasteiger partial charge on any atom is 0.253 e. The number of aryl methyl sites for hydroxylation is 1. The van der Waals surface area contributed by atoms with Crippen molar-refractivity contribution in [2.45, 2.75) is 11.4 Å². The fourth-order valence-corrected chi connectivity index (χ4v) is 4.51. The Bertz CT molecular complexity index is 1230. The van der Waals surface area contributed by atoms with Gasteiger partial charge in [-0.15, -0.1) is 0 Å². The second-order valence-electron chi connectivity index (χ2n) is 7.27. The Morgan fingerprint density at radius 2 is 1.77 bits per heavy atom. The molecule has 1 amide bonds. The van der Waals surface area contributed by atoms with Crippen molar-refractivity contribution in [1.82, 2.24) is 18.8 Å². The highest BCUT2D eigenvalue weighted by Crippen LogP contribution is 2.31. The quantitative estimate of drug-likeness (QED) is 0.552. The minimum Gasteiger partial charge on any atom is -0.497 e. The molecule has 3 aromatic rings. The average Bonchev–Trinajstić information content (AvgIpc) is 3.06.